The molecule has 0 spiro atoms. The van der Waals surface area contributed by atoms with Crippen LogP contribution in [0.2, 0.25) is 0 Å². The Bertz CT molecular complexity index is 763. The fourth-order valence-corrected chi connectivity index (χ4v) is 3.80. The van der Waals surface area contributed by atoms with Crippen molar-refractivity contribution in [3.63, 3.8) is 0 Å². The van der Waals surface area contributed by atoms with Crippen molar-refractivity contribution in [3.05, 3.63) is 46.2 Å². The number of nitrogens with one attached hydrogen (secondary N) is 1. The molecule has 0 aliphatic rings. The van der Waals surface area contributed by atoms with Gasteiger partial charge in [-0.1, -0.05) is 6.07 Å². The summed E-state index contributed by atoms with van der Waals surface area (Å²) < 4.78 is 32.0. The zero-order valence-electron chi connectivity index (χ0n) is 12.1. The minimum absolute atomic E-state index is 0.0703. The summed E-state index contributed by atoms with van der Waals surface area (Å²) >= 11 is 1.66. The predicted octanol–water partition coefficient (Wildman–Crippen LogP) is 2.54. The average Bonchev–Trinajstić information content (AvgIpc) is 3.04. The lowest BCUT2D eigenvalue weighted by atomic mass is 10.2. The molecule has 2 rings (SSSR count). The summed E-state index contributed by atoms with van der Waals surface area (Å²) in [7, 11) is -2.17. The molecule has 7 heteroatoms. The Morgan fingerprint density at radius 2 is 2.18 bits per heavy atom. The molecule has 0 fully saturated rings. The number of rotatable bonds is 7. The van der Waals surface area contributed by atoms with E-state index < -0.39 is 10.0 Å². The van der Waals surface area contributed by atoms with E-state index in [1.165, 1.54) is 30.2 Å². The van der Waals surface area contributed by atoms with Crippen molar-refractivity contribution in [2.45, 2.75) is 17.7 Å². The van der Waals surface area contributed by atoms with Crippen molar-refractivity contribution in [2.75, 3.05) is 13.7 Å². The summed E-state index contributed by atoms with van der Waals surface area (Å²) in [6.45, 7) is 0.355. The first-order valence-corrected chi connectivity index (χ1v) is 9.03. The summed E-state index contributed by atoms with van der Waals surface area (Å²) in [5.74, 6) is 0.360. The molecule has 0 amide bonds. The highest BCUT2D eigenvalue weighted by molar-refractivity contribution is 7.89. The number of hydrogen-bond acceptors (Lipinski definition) is 5. The van der Waals surface area contributed by atoms with Crippen LogP contribution in [0.4, 0.5) is 0 Å². The van der Waals surface area contributed by atoms with E-state index in [-0.39, 0.29) is 10.5 Å². The number of sulfonamides is 1. The number of nitrogens with zero attached hydrogens (tertiary/aromatic N) is 1. The highest BCUT2D eigenvalue weighted by Gasteiger charge is 2.16. The summed E-state index contributed by atoms with van der Waals surface area (Å²) in [6, 6.07) is 10.2. The first-order valence-electron chi connectivity index (χ1n) is 6.67. The van der Waals surface area contributed by atoms with Gasteiger partial charge in [-0.15, -0.1) is 11.3 Å². The van der Waals surface area contributed by atoms with Crippen molar-refractivity contribution in [1.82, 2.24) is 4.72 Å². The van der Waals surface area contributed by atoms with Crippen LogP contribution >= 0.6 is 11.3 Å². The van der Waals surface area contributed by atoms with Crippen LogP contribution in [0.5, 0.6) is 5.75 Å². The molecule has 0 radical (unpaired) electrons. The highest BCUT2D eigenvalue weighted by Crippen LogP contribution is 2.21. The topological polar surface area (TPSA) is 79.2 Å². The first kappa shape index (κ1) is 16.5. The van der Waals surface area contributed by atoms with E-state index >= 15 is 0 Å². The van der Waals surface area contributed by atoms with Gasteiger partial charge >= 0.3 is 0 Å². The minimum Gasteiger partial charge on any atom is -0.495 e. The van der Waals surface area contributed by atoms with Gasteiger partial charge in [0.25, 0.3) is 0 Å². The molecule has 1 aromatic heterocycles. The van der Waals surface area contributed by atoms with Gasteiger partial charge in [-0.3, -0.25) is 0 Å². The van der Waals surface area contributed by atoms with E-state index in [0.29, 0.717) is 12.3 Å². The van der Waals surface area contributed by atoms with E-state index in [0.717, 1.165) is 12.8 Å². The molecule has 22 heavy (non-hydrogen) atoms. The fraction of sp³-hybridized carbons (Fsp3) is 0.267. The zero-order chi connectivity index (χ0) is 16.0. The molecule has 0 saturated carbocycles. The summed E-state index contributed by atoms with van der Waals surface area (Å²) in [5, 5.41) is 11.0. The van der Waals surface area contributed by atoms with Gasteiger partial charge < -0.3 is 4.74 Å². The second-order valence-corrected chi connectivity index (χ2v) is 7.35. The molecule has 116 valence electrons. The summed E-state index contributed by atoms with van der Waals surface area (Å²) in [4.78, 5) is 1.30. The lowest BCUT2D eigenvalue weighted by molar-refractivity contribution is 0.413. The van der Waals surface area contributed by atoms with Crippen LogP contribution in [0.15, 0.2) is 40.6 Å². The third kappa shape index (κ3) is 4.07. The maximum Gasteiger partial charge on any atom is 0.240 e. The van der Waals surface area contributed by atoms with Crippen LogP contribution in [0.3, 0.4) is 0 Å². The number of aryl methyl sites for hydroxylation is 1. The largest absolute Gasteiger partial charge is 0.495 e. The first-order chi connectivity index (χ1) is 10.6. The molecule has 2 aromatic rings. The van der Waals surface area contributed by atoms with Gasteiger partial charge in [0.05, 0.1) is 17.6 Å². The van der Waals surface area contributed by atoms with Gasteiger partial charge in [-0.2, -0.15) is 5.26 Å². The van der Waals surface area contributed by atoms with Crippen LogP contribution in [0.1, 0.15) is 16.9 Å². The summed E-state index contributed by atoms with van der Waals surface area (Å²) in [5.41, 5.74) is 0.198. The second kappa shape index (κ2) is 7.40. The SMILES string of the molecule is COc1ccc(S(=O)(=O)NCCCc2cccs2)cc1C#N. The van der Waals surface area contributed by atoms with Crippen LogP contribution < -0.4 is 9.46 Å². The lowest BCUT2D eigenvalue weighted by Crippen LogP contribution is -2.25. The van der Waals surface area contributed by atoms with E-state index in [9.17, 15) is 8.42 Å². The molecule has 5 nitrogen and oxygen atoms in total. The lowest BCUT2D eigenvalue weighted by Gasteiger charge is -2.08. The maximum absolute atomic E-state index is 12.2. The van der Waals surface area contributed by atoms with Crippen molar-refractivity contribution in [3.8, 4) is 11.8 Å². The molecular formula is C15H16N2O3S2. The van der Waals surface area contributed by atoms with Gasteiger partial charge in [0.1, 0.15) is 11.8 Å². The quantitative estimate of drug-likeness (QED) is 0.788. The normalized spacial score (nSPS) is 11.1. The van der Waals surface area contributed by atoms with Crippen LogP contribution in [0, 0.1) is 11.3 Å². The monoisotopic (exact) mass is 336 g/mol. The molecular weight excluding hydrogens is 320 g/mol. The zero-order valence-corrected chi connectivity index (χ0v) is 13.7. The van der Waals surface area contributed by atoms with Crippen molar-refractivity contribution >= 4 is 21.4 Å². The summed E-state index contributed by atoms with van der Waals surface area (Å²) in [6.07, 6.45) is 1.56. The van der Waals surface area contributed by atoms with Gasteiger partial charge in [-0.05, 0) is 42.5 Å². The van der Waals surface area contributed by atoms with Crippen LogP contribution in [0.25, 0.3) is 0 Å². The van der Waals surface area contributed by atoms with Gasteiger partial charge in [0.15, 0.2) is 0 Å². The van der Waals surface area contributed by atoms with Gasteiger partial charge in [-0.25, -0.2) is 13.1 Å². The number of hydrogen-bond donors (Lipinski definition) is 1. The molecule has 0 aliphatic carbocycles. The Kier molecular flexibility index (Phi) is 5.55. The molecule has 0 saturated heterocycles. The van der Waals surface area contributed by atoms with Crippen LogP contribution in [-0.2, 0) is 16.4 Å². The Balaban J connectivity index is 1.99. The van der Waals surface area contributed by atoms with Gasteiger partial charge in [0, 0.05) is 11.4 Å². The second-order valence-electron chi connectivity index (χ2n) is 4.55. The van der Waals surface area contributed by atoms with E-state index in [1.54, 1.807) is 11.3 Å². The fourth-order valence-electron chi connectivity index (χ4n) is 1.95. The van der Waals surface area contributed by atoms with E-state index in [1.807, 2.05) is 23.6 Å². The number of methoxy groups -OCH3 is 1. The number of ether oxygens (including phenoxy) is 1. The smallest absolute Gasteiger partial charge is 0.240 e. The van der Waals surface area contributed by atoms with E-state index in [4.69, 9.17) is 10.00 Å². The van der Waals surface area contributed by atoms with Crippen molar-refractivity contribution in [2.24, 2.45) is 0 Å². The molecule has 1 N–H and O–H groups in total. The number of nitriles is 1. The van der Waals surface area contributed by atoms with Crippen molar-refractivity contribution < 1.29 is 13.2 Å². The van der Waals surface area contributed by atoms with Crippen molar-refractivity contribution in [1.29, 1.82) is 5.26 Å². The van der Waals surface area contributed by atoms with Gasteiger partial charge in [0.2, 0.25) is 10.0 Å². The Morgan fingerprint density at radius 1 is 1.36 bits per heavy atom. The third-order valence-electron chi connectivity index (χ3n) is 3.07. The standard InChI is InChI=1S/C15H16N2O3S2/c1-20-15-7-6-14(10-12(15)11-16)22(18,19)17-8-2-4-13-5-3-9-21-13/h3,5-7,9-10,17H,2,4,8H2,1H3. The predicted molar refractivity (Wildman–Crippen MR) is 85.5 cm³/mol. The molecule has 0 aliphatic heterocycles. The molecule has 0 bridgehead atoms. The highest BCUT2D eigenvalue weighted by atomic mass is 32.2. The Morgan fingerprint density at radius 3 is 2.82 bits per heavy atom. The number of thiophene rings is 1. The molecule has 0 atom stereocenters. The average molecular weight is 336 g/mol. The minimum atomic E-state index is -3.61. The maximum atomic E-state index is 12.2. The Hall–Kier alpha value is -1.88. The van der Waals surface area contributed by atoms with E-state index in [2.05, 4.69) is 4.72 Å². The molecule has 1 heterocycles. The Labute approximate surface area is 134 Å². The van der Waals surface area contributed by atoms with Crippen LogP contribution in [-0.4, -0.2) is 22.1 Å². The molecule has 0 unspecified atom stereocenters. The molecule has 1 aromatic carbocycles. The number of benzene rings is 1. The third-order valence-corrected chi connectivity index (χ3v) is 5.47.